The fraction of sp³-hybridized carbons (Fsp3) is 0.286. The van der Waals surface area contributed by atoms with Crippen LogP contribution >= 0.6 is 0 Å². The Hall–Kier alpha value is -2.30. The first-order chi connectivity index (χ1) is 9.02. The van der Waals surface area contributed by atoms with Gasteiger partial charge in [-0.3, -0.25) is 0 Å². The molecule has 0 aliphatic rings. The molecule has 5 heteroatoms. The maximum Gasteiger partial charge on any atom is 0.349 e. The lowest BCUT2D eigenvalue weighted by Gasteiger charge is -2.07. The van der Waals surface area contributed by atoms with Gasteiger partial charge < -0.3 is 14.2 Å². The molecule has 1 aromatic carbocycles. The van der Waals surface area contributed by atoms with E-state index in [2.05, 4.69) is 11.3 Å². The number of hydrogen-bond acceptors (Lipinski definition) is 5. The number of carbonyl (C=O) groups excluding carboxylic acids is 2. The number of carbonyl (C=O) groups is 2. The molecule has 0 N–H and O–H groups in total. The Labute approximate surface area is 111 Å². The summed E-state index contributed by atoms with van der Waals surface area (Å²) in [5.74, 6) is -0.224. The molecule has 0 atom stereocenters. The minimum absolute atomic E-state index is 0.230. The van der Waals surface area contributed by atoms with Gasteiger partial charge in [0.25, 0.3) is 0 Å². The monoisotopic (exact) mass is 264 g/mol. The summed E-state index contributed by atoms with van der Waals surface area (Å²) in [6.45, 7) is 6.90. The third-order valence-corrected chi connectivity index (χ3v) is 2.04. The van der Waals surface area contributed by atoms with Crippen LogP contribution in [-0.2, 0) is 14.3 Å². The summed E-state index contributed by atoms with van der Waals surface area (Å²) < 4.78 is 14.9. The van der Waals surface area contributed by atoms with Crippen molar-refractivity contribution in [1.82, 2.24) is 0 Å². The van der Waals surface area contributed by atoms with Crippen molar-refractivity contribution in [2.45, 2.75) is 13.8 Å². The number of benzene rings is 1. The predicted molar refractivity (Wildman–Crippen MR) is 69.0 cm³/mol. The van der Waals surface area contributed by atoms with Crippen molar-refractivity contribution >= 4 is 11.9 Å². The van der Waals surface area contributed by atoms with Crippen LogP contribution < -0.4 is 9.47 Å². The predicted octanol–water partition coefficient (Wildman–Crippen LogP) is 2.11. The molecule has 0 amide bonds. The molecule has 0 aliphatic heterocycles. The van der Waals surface area contributed by atoms with E-state index in [1.165, 1.54) is 6.92 Å². The maximum absolute atomic E-state index is 11.4. The van der Waals surface area contributed by atoms with Gasteiger partial charge in [0.15, 0.2) is 6.61 Å². The van der Waals surface area contributed by atoms with Crippen LogP contribution in [0, 0.1) is 0 Å². The second-order valence-corrected chi connectivity index (χ2v) is 3.73. The van der Waals surface area contributed by atoms with Crippen LogP contribution in [0.4, 0.5) is 0 Å². The zero-order chi connectivity index (χ0) is 14.3. The summed E-state index contributed by atoms with van der Waals surface area (Å²) >= 11 is 0. The molecule has 0 saturated heterocycles. The summed E-state index contributed by atoms with van der Waals surface area (Å²) in [5, 5.41) is 0. The van der Waals surface area contributed by atoms with Crippen LogP contribution in [0.25, 0.3) is 0 Å². The largest absolute Gasteiger partial charge is 0.494 e. The molecule has 0 fully saturated rings. The van der Waals surface area contributed by atoms with Crippen LogP contribution in [0.3, 0.4) is 0 Å². The molecule has 0 aliphatic carbocycles. The van der Waals surface area contributed by atoms with Gasteiger partial charge >= 0.3 is 11.9 Å². The Kier molecular flexibility index (Phi) is 5.60. The summed E-state index contributed by atoms with van der Waals surface area (Å²) in [5.41, 5.74) is 0.230. The summed E-state index contributed by atoms with van der Waals surface area (Å²) in [7, 11) is 0. The van der Waals surface area contributed by atoms with Crippen molar-refractivity contribution in [1.29, 1.82) is 0 Å². The molecule has 0 radical (unpaired) electrons. The Balaban J connectivity index is 2.44. The summed E-state index contributed by atoms with van der Waals surface area (Å²) in [6.07, 6.45) is 0. The van der Waals surface area contributed by atoms with Gasteiger partial charge in [0, 0.05) is 5.57 Å². The van der Waals surface area contributed by atoms with Crippen LogP contribution in [0.15, 0.2) is 36.4 Å². The molecule has 0 unspecified atom stereocenters. The van der Waals surface area contributed by atoms with Gasteiger partial charge in [0.1, 0.15) is 11.5 Å². The fourth-order valence-corrected chi connectivity index (χ4v) is 1.18. The van der Waals surface area contributed by atoms with Gasteiger partial charge in [-0.25, -0.2) is 9.59 Å². The summed E-state index contributed by atoms with van der Waals surface area (Å²) in [4.78, 5) is 22.5. The first-order valence-electron chi connectivity index (χ1n) is 5.79. The Morgan fingerprint density at radius 3 is 2.26 bits per heavy atom. The zero-order valence-electron chi connectivity index (χ0n) is 11.0. The highest BCUT2D eigenvalue weighted by Crippen LogP contribution is 2.17. The normalized spacial score (nSPS) is 9.58. The van der Waals surface area contributed by atoms with Gasteiger partial charge in [0.05, 0.1) is 6.61 Å². The highest BCUT2D eigenvalue weighted by molar-refractivity contribution is 5.88. The topological polar surface area (TPSA) is 61.8 Å². The number of esters is 2. The maximum atomic E-state index is 11.4. The third-order valence-electron chi connectivity index (χ3n) is 2.04. The number of rotatable bonds is 6. The van der Waals surface area contributed by atoms with Crippen LogP contribution in [0.5, 0.6) is 11.5 Å². The van der Waals surface area contributed by atoms with Gasteiger partial charge in [0.2, 0.25) is 0 Å². The van der Waals surface area contributed by atoms with E-state index in [0.717, 1.165) is 0 Å². The molecule has 0 aromatic heterocycles. The minimum atomic E-state index is -0.654. The van der Waals surface area contributed by atoms with Crippen molar-refractivity contribution in [3.63, 3.8) is 0 Å². The van der Waals surface area contributed by atoms with E-state index in [1.54, 1.807) is 24.3 Å². The molecule has 5 nitrogen and oxygen atoms in total. The second-order valence-electron chi connectivity index (χ2n) is 3.73. The van der Waals surface area contributed by atoms with Crippen molar-refractivity contribution < 1.29 is 23.8 Å². The van der Waals surface area contributed by atoms with Crippen molar-refractivity contribution in [2.24, 2.45) is 0 Å². The highest BCUT2D eigenvalue weighted by atomic mass is 16.6. The van der Waals surface area contributed by atoms with E-state index in [1.807, 2.05) is 6.92 Å². The van der Waals surface area contributed by atoms with E-state index in [4.69, 9.17) is 9.47 Å². The van der Waals surface area contributed by atoms with E-state index >= 15 is 0 Å². The smallest absolute Gasteiger partial charge is 0.349 e. The third kappa shape index (κ3) is 5.25. The minimum Gasteiger partial charge on any atom is -0.494 e. The van der Waals surface area contributed by atoms with E-state index < -0.39 is 18.5 Å². The SMILES string of the molecule is C=C(C)C(=O)OCC(=O)Oc1ccc(OCC)cc1. The average molecular weight is 264 g/mol. The van der Waals surface area contributed by atoms with Crippen molar-refractivity contribution in [2.75, 3.05) is 13.2 Å². The van der Waals surface area contributed by atoms with Gasteiger partial charge in [-0.1, -0.05) is 6.58 Å². The molecule has 0 bridgehead atoms. The van der Waals surface area contributed by atoms with E-state index in [-0.39, 0.29) is 5.57 Å². The lowest BCUT2D eigenvalue weighted by atomic mass is 10.3. The van der Waals surface area contributed by atoms with Crippen LogP contribution in [0.2, 0.25) is 0 Å². The van der Waals surface area contributed by atoms with Gasteiger partial charge in [-0.2, -0.15) is 0 Å². The highest BCUT2D eigenvalue weighted by Gasteiger charge is 2.10. The molecule has 0 heterocycles. The van der Waals surface area contributed by atoms with E-state index in [9.17, 15) is 9.59 Å². The molecular weight excluding hydrogens is 248 g/mol. The Morgan fingerprint density at radius 1 is 1.16 bits per heavy atom. The molecular formula is C14H16O5. The number of ether oxygens (including phenoxy) is 3. The molecule has 19 heavy (non-hydrogen) atoms. The second kappa shape index (κ2) is 7.20. The molecule has 0 spiro atoms. The van der Waals surface area contributed by atoms with Crippen molar-refractivity contribution in [3.05, 3.63) is 36.4 Å². The first kappa shape index (κ1) is 14.8. The first-order valence-corrected chi connectivity index (χ1v) is 5.79. The summed E-state index contributed by atoms with van der Waals surface area (Å²) in [6, 6.07) is 6.57. The van der Waals surface area contributed by atoms with Gasteiger partial charge in [-0.05, 0) is 38.1 Å². The van der Waals surface area contributed by atoms with Crippen LogP contribution in [0.1, 0.15) is 13.8 Å². The van der Waals surface area contributed by atoms with Crippen LogP contribution in [-0.4, -0.2) is 25.2 Å². The molecule has 1 rings (SSSR count). The van der Waals surface area contributed by atoms with E-state index in [0.29, 0.717) is 18.1 Å². The lowest BCUT2D eigenvalue weighted by Crippen LogP contribution is -2.18. The average Bonchev–Trinajstić information content (AvgIpc) is 2.38. The fourth-order valence-electron chi connectivity index (χ4n) is 1.18. The molecule has 102 valence electrons. The number of hydrogen-bond donors (Lipinski definition) is 0. The Morgan fingerprint density at radius 2 is 1.74 bits per heavy atom. The van der Waals surface area contributed by atoms with Crippen molar-refractivity contribution in [3.8, 4) is 11.5 Å². The molecule has 1 aromatic rings. The standard InChI is InChI=1S/C14H16O5/c1-4-17-11-5-7-12(8-6-11)19-13(15)9-18-14(16)10(2)3/h5-8H,2,4,9H2,1,3H3. The quantitative estimate of drug-likeness (QED) is 0.447. The lowest BCUT2D eigenvalue weighted by molar-refractivity contribution is -0.150. The van der Waals surface area contributed by atoms with Gasteiger partial charge in [-0.15, -0.1) is 0 Å². The zero-order valence-corrected chi connectivity index (χ0v) is 11.0. The molecule has 0 saturated carbocycles. The Bertz CT molecular complexity index is 461.